The fourth-order valence-corrected chi connectivity index (χ4v) is 3.58. The van der Waals surface area contributed by atoms with E-state index in [2.05, 4.69) is 6.92 Å². The third kappa shape index (κ3) is 4.41. The fourth-order valence-electron chi connectivity index (χ4n) is 2.49. The SMILES string of the molecule is CCCCSC(C)C(=O)N1CCC[C@H](C(=O)O)[C@@H]1C. The van der Waals surface area contributed by atoms with E-state index in [1.165, 1.54) is 0 Å². The number of unbranched alkanes of at least 4 members (excludes halogenated alkanes) is 1. The van der Waals surface area contributed by atoms with Crippen LogP contribution >= 0.6 is 11.8 Å². The molecule has 1 heterocycles. The number of rotatable bonds is 6. The molecular weight excluding hydrogens is 262 g/mol. The zero-order valence-corrected chi connectivity index (χ0v) is 12.9. The van der Waals surface area contributed by atoms with Gasteiger partial charge in [-0.05, 0) is 38.9 Å². The van der Waals surface area contributed by atoms with Crippen molar-refractivity contribution in [2.75, 3.05) is 12.3 Å². The van der Waals surface area contributed by atoms with Gasteiger partial charge in [-0.1, -0.05) is 13.3 Å². The Morgan fingerprint density at radius 2 is 2.16 bits per heavy atom. The molecule has 0 bridgehead atoms. The summed E-state index contributed by atoms with van der Waals surface area (Å²) in [7, 11) is 0. The number of aliphatic carboxylic acids is 1. The summed E-state index contributed by atoms with van der Waals surface area (Å²) in [5.41, 5.74) is 0. The van der Waals surface area contributed by atoms with Crippen LogP contribution in [-0.2, 0) is 9.59 Å². The minimum absolute atomic E-state index is 0.0680. The van der Waals surface area contributed by atoms with Gasteiger partial charge in [0.2, 0.25) is 5.91 Å². The van der Waals surface area contributed by atoms with Crippen LogP contribution in [0.3, 0.4) is 0 Å². The summed E-state index contributed by atoms with van der Waals surface area (Å²) in [5, 5.41) is 9.11. The van der Waals surface area contributed by atoms with Crippen LogP contribution in [0, 0.1) is 5.92 Å². The molecule has 1 rings (SSSR count). The maximum Gasteiger partial charge on any atom is 0.308 e. The van der Waals surface area contributed by atoms with Gasteiger partial charge in [0.25, 0.3) is 0 Å². The van der Waals surface area contributed by atoms with Crippen LogP contribution in [0.2, 0.25) is 0 Å². The monoisotopic (exact) mass is 287 g/mol. The van der Waals surface area contributed by atoms with Gasteiger partial charge in [0.1, 0.15) is 0 Å². The molecule has 4 nitrogen and oxygen atoms in total. The van der Waals surface area contributed by atoms with E-state index >= 15 is 0 Å². The van der Waals surface area contributed by atoms with Gasteiger partial charge in [-0.2, -0.15) is 0 Å². The van der Waals surface area contributed by atoms with Crippen molar-refractivity contribution in [2.24, 2.45) is 5.92 Å². The molecule has 1 amide bonds. The molecule has 1 N–H and O–H groups in total. The number of likely N-dealkylation sites (tertiary alicyclic amines) is 1. The van der Waals surface area contributed by atoms with Crippen LogP contribution in [0.15, 0.2) is 0 Å². The Hall–Kier alpha value is -0.710. The van der Waals surface area contributed by atoms with E-state index < -0.39 is 11.9 Å². The highest BCUT2D eigenvalue weighted by molar-refractivity contribution is 8.00. The van der Waals surface area contributed by atoms with Crippen molar-refractivity contribution in [3.8, 4) is 0 Å². The molecular formula is C14H25NO3S. The molecule has 0 aromatic rings. The lowest BCUT2D eigenvalue weighted by molar-refractivity contribution is -0.148. The first kappa shape index (κ1) is 16.3. The minimum atomic E-state index is -0.781. The van der Waals surface area contributed by atoms with Crippen molar-refractivity contribution in [1.82, 2.24) is 4.90 Å². The second-order valence-corrected chi connectivity index (χ2v) is 6.67. The van der Waals surface area contributed by atoms with Crippen LogP contribution in [0.25, 0.3) is 0 Å². The number of thioether (sulfide) groups is 1. The maximum absolute atomic E-state index is 12.4. The molecule has 19 heavy (non-hydrogen) atoms. The van der Waals surface area contributed by atoms with E-state index in [1.54, 1.807) is 16.7 Å². The Kier molecular flexibility index (Phi) is 6.69. The van der Waals surface area contributed by atoms with Crippen molar-refractivity contribution < 1.29 is 14.7 Å². The van der Waals surface area contributed by atoms with Gasteiger partial charge < -0.3 is 10.0 Å². The molecule has 1 saturated heterocycles. The molecule has 0 aromatic carbocycles. The number of carboxylic acid groups (broad SMARTS) is 1. The highest BCUT2D eigenvalue weighted by Gasteiger charge is 2.36. The van der Waals surface area contributed by atoms with Gasteiger partial charge in [-0.15, -0.1) is 11.8 Å². The van der Waals surface area contributed by atoms with E-state index in [1.807, 2.05) is 13.8 Å². The Morgan fingerprint density at radius 1 is 1.47 bits per heavy atom. The van der Waals surface area contributed by atoms with Gasteiger partial charge in [-0.3, -0.25) is 9.59 Å². The van der Waals surface area contributed by atoms with Gasteiger partial charge in [-0.25, -0.2) is 0 Å². The summed E-state index contributed by atoms with van der Waals surface area (Å²) in [6, 6.07) is -0.187. The second kappa shape index (κ2) is 7.78. The van der Waals surface area contributed by atoms with Crippen molar-refractivity contribution in [3.63, 3.8) is 0 Å². The summed E-state index contributed by atoms with van der Waals surface area (Å²) >= 11 is 1.68. The summed E-state index contributed by atoms with van der Waals surface area (Å²) in [5.74, 6) is -0.102. The van der Waals surface area contributed by atoms with Gasteiger partial charge in [0, 0.05) is 12.6 Å². The topological polar surface area (TPSA) is 57.6 Å². The average Bonchev–Trinajstić information content (AvgIpc) is 2.38. The second-order valence-electron chi connectivity index (χ2n) is 5.23. The van der Waals surface area contributed by atoms with Crippen LogP contribution in [0.4, 0.5) is 0 Å². The Balaban J connectivity index is 2.57. The third-order valence-corrected chi connectivity index (χ3v) is 5.03. The first-order valence-electron chi connectivity index (χ1n) is 7.14. The third-order valence-electron chi connectivity index (χ3n) is 3.80. The van der Waals surface area contributed by atoms with E-state index in [-0.39, 0.29) is 17.2 Å². The quantitative estimate of drug-likeness (QED) is 0.763. The molecule has 0 saturated carbocycles. The van der Waals surface area contributed by atoms with E-state index in [9.17, 15) is 14.7 Å². The molecule has 3 atom stereocenters. The molecule has 0 aliphatic carbocycles. The van der Waals surface area contributed by atoms with E-state index in [0.29, 0.717) is 13.0 Å². The molecule has 1 aliphatic rings. The molecule has 1 aliphatic heterocycles. The average molecular weight is 287 g/mol. The van der Waals surface area contributed by atoms with Crippen LogP contribution in [0.5, 0.6) is 0 Å². The standard InChI is InChI=1S/C14H25NO3S/c1-4-5-9-19-11(3)13(16)15-8-6-7-12(10(15)2)14(17)18/h10-12H,4-9H2,1-3H3,(H,17,18)/t10-,11?,12-/m0/s1. The lowest BCUT2D eigenvalue weighted by atomic mass is 9.90. The number of nitrogens with zero attached hydrogens (tertiary/aromatic N) is 1. The largest absolute Gasteiger partial charge is 0.481 e. The predicted octanol–water partition coefficient (Wildman–Crippen LogP) is 2.62. The fraction of sp³-hybridized carbons (Fsp3) is 0.857. The van der Waals surface area contributed by atoms with Gasteiger partial charge in [0.05, 0.1) is 11.2 Å². The van der Waals surface area contributed by atoms with Crippen molar-refractivity contribution in [1.29, 1.82) is 0 Å². The summed E-state index contributed by atoms with van der Waals surface area (Å²) in [4.78, 5) is 25.3. The smallest absolute Gasteiger partial charge is 0.308 e. The first-order chi connectivity index (χ1) is 8.99. The molecule has 0 aromatic heterocycles. The normalized spacial score (nSPS) is 25.1. The zero-order chi connectivity index (χ0) is 14.4. The number of piperidine rings is 1. The first-order valence-corrected chi connectivity index (χ1v) is 8.18. The number of carboxylic acids is 1. The van der Waals surface area contributed by atoms with Crippen LogP contribution in [0.1, 0.15) is 46.5 Å². The maximum atomic E-state index is 12.4. The zero-order valence-electron chi connectivity index (χ0n) is 12.1. The van der Waals surface area contributed by atoms with Crippen molar-refractivity contribution >= 4 is 23.6 Å². The lowest BCUT2D eigenvalue weighted by Gasteiger charge is -2.38. The lowest BCUT2D eigenvalue weighted by Crippen LogP contribution is -2.51. The molecule has 0 spiro atoms. The number of carbonyl (C=O) groups excluding carboxylic acids is 1. The van der Waals surface area contributed by atoms with Crippen molar-refractivity contribution in [3.05, 3.63) is 0 Å². The molecule has 0 radical (unpaired) electrons. The summed E-state index contributed by atoms with van der Waals surface area (Å²) in [6.45, 7) is 6.62. The minimum Gasteiger partial charge on any atom is -0.481 e. The molecule has 110 valence electrons. The van der Waals surface area contributed by atoms with E-state index in [0.717, 1.165) is 25.0 Å². The van der Waals surface area contributed by atoms with Crippen LogP contribution < -0.4 is 0 Å². The molecule has 1 fully saturated rings. The predicted molar refractivity (Wildman–Crippen MR) is 78.4 cm³/mol. The number of hydrogen-bond donors (Lipinski definition) is 1. The number of amides is 1. The highest BCUT2D eigenvalue weighted by atomic mass is 32.2. The van der Waals surface area contributed by atoms with Gasteiger partial charge >= 0.3 is 5.97 Å². The highest BCUT2D eigenvalue weighted by Crippen LogP contribution is 2.26. The summed E-state index contributed by atoms with van der Waals surface area (Å²) < 4.78 is 0. The summed E-state index contributed by atoms with van der Waals surface area (Å²) in [6.07, 6.45) is 3.72. The number of hydrogen-bond acceptors (Lipinski definition) is 3. The molecule has 5 heteroatoms. The number of carbonyl (C=O) groups is 2. The Morgan fingerprint density at radius 3 is 2.74 bits per heavy atom. The van der Waals surface area contributed by atoms with E-state index in [4.69, 9.17) is 0 Å². The Labute approximate surface area is 119 Å². The van der Waals surface area contributed by atoms with Crippen molar-refractivity contribution in [2.45, 2.75) is 57.7 Å². The van der Waals surface area contributed by atoms with Gasteiger partial charge in [0.15, 0.2) is 0 Å². The Bertz CT molecular complexity index is 322. The van der Waals surface area contributed by atoms with Crippen LogP contribution in [-0.4, -0.2) is 45.5 Å². The molecule has 1 unspecified atom stereocenters.